The van der Waals surface area contributed by atoms with E-state index >= 15 is 0 Å². The molecule has 0 aromatic heterocycles. The molecule has 8 heteroatoms. The normalized spacial score (nSPS) is 15.5. The second-order valence-corrected chi connectivity index (χ2v) is 10.4. The minimum atomic E-state index is -4.48. The Kier molecular flexibility index (Phi) is 7.37. The molecule has 188 valence electrons. The van der Waals surface area contributed by atoms with Gasteiger partial charge in [0.2, 0.25) is 12.2 Å². The molecule has 0 saturated heterocycles. The summed E-state index contributed by atoms with van der Waals surface area (Å²) in [5.41, 5.74) is -0.151. The highest BCUT2D eigenvalue weighted by Gasteiger charge is 2.41. The first-order chi connectivity index (χ1) is 18.0. The van der Waals surface area contributed by atoms with E-state index in [4.69, 9.17) is 14.0 Å². The van der Waals surface area contributed by atoms with Crippen molar-refractivity contribution >= 4 is 30.4 Å². The number of para-hydroxylation sites is 2. The molecule has 1 aliphatic heterocycles. The van der Waals surface area contributed by atoms with Crippen LogP contribution in [0.4, 0.5) is 0 Å². The number of fused-ring (bicyclic) bond motifs is 2. The van der Waals surface area contributed by atoms with Gasteiger partial charge in [0.25, 0.3) is 0 Å². The van der Waals surface area contributed by atoms with Crippen LogP contribution in [0.15, 0.2) is 103 Å². The number of benzene rings is 4. The molecular formula is C29H26NO6P. The number of carbonyl (C=O) groups excluding carboxylic acids is 1. The third-order valence-electron chi connectivity index (χ3n) is 5.99. The molecule has 0 bridgehead atoms. The van der Waals surface area contributed by atoms with Crippen LogP contribution >= 0.6 is 7.60 Å². The summed E-state index contributed by atoms with van der Waals surface area (Å²) in [6, 6.07) is 29.4. The second kappa shape index (κ2) is 11.0. The van der Waals surface area contributed by atoms with Crippen molar-refractivity contribution < 1.29 is 28.3 Å². The molecule has 2 N–H and O–H groups in total. The molecule has 1 aliphatic rings. The number of nitrogens with one attached hydrogen (secondary N) is 1. The van der Waals surface area contributed by atoms with Crippen LogP contribution in [-0.4, -0.2) is 23.7 Å². The van der Waals surface area contributed by atoms with E-state index in [0.29, 0.717) is 22.4 Å². The summed E-state index contributed by atoms with van der Waals surface area (Å²) in [4.78, 5) is 24.5. The van der Waals surface area contributed by atoms with Crippen LogP contribution in [0, 0.1) is 0 Å². The van der Waals surface area contributed by atoms with E-state index in [1.54, 1.807) is 30.3 Å². The minimum absolute atomic E-state index is 0.138. The van der Waals surface area contributed by atoms with Crippen LogP contribution in [0.3, 0.4) is 0 Å². The van der Waals surface area contributed by atoms with Gasteiger partial charge >= 0.3 is 7.60 Å². The lowest BCUT2D eigenvalue weighted by molar-refractivity contribution is -0.120. The number of amides is 1. The topological polar surface area (TPSA) is 94.1 Å². The van der Waals surface area contributed by atoms with Crippen molar-refractivity contribution in [1.82, 2.24) is 5.32 Å². The molecule has 1 amide bonds. The second-order valence-electron chi connectivity index (χ2n) is 8.52. The Morgan fingerprint density at radius 2 is 1.57 bits per heavy atom. The van der Waals surface area contributed by atoms with Crippen molar-refractivity contribution in [3.05, 3.63) is 114 Å². The monoisotopic (exact) mass is 515 g/mol. The quantitative estimate of drug-likeness (QED) is 0.263. The molecule has 7 nitrogen and oxygen atoms in total. The molecule has 2 unspecified atom stereocenters. The highest BCUT2D eigenvalue weighted by atomic mass is 31.2. The Balaban J connectivity index is 1.35. The lowest BCUT2D eigenvalue weighted by Crippen LogP contribution is -2.26. The summed E-state index contributed by atoms with van der Waals surface area (Å²) in [5, 5.41) is 4.21. The molecule has 0 aliphatic carbocycles. The van der Waals surface area contributed by atoms with Crippen LogP contribution in [0.1, 0.15) is 23.2 Å². The molecule has 2 atom stereocenters. The van der Waals surface area contributed by atoms with E-state index in [1.807, 2.05) is 72.8 Å². The van der Waals surface area contributed by atoms with E-state index in [-0.39, 0.29) is 13.0 Å². The zero-order chi connectivity index (χ0) is 25.7. The van der Waals surface area contributed by atoms with E-state index in [1.165, 1.54) is 6.20 Å². The number of carbonyl (C=O) groups is 1. The first-order valence-electron chi connectivity index (χ1n) is 11.9. The zero-order valence-corrected chi connectivity index (χ0v) is 20.8. The molecule has 0 saturated carbocycles. The zero-order valence-electron chi connectivity index (χ0n) is 19.9. The Labute approximate surface area is 214 Å². The fraction of sp³-hybridized carbons (Fsp3) is 0.138. The number of hydrogen-bond donors (Lipinski definition) is 2. The van der Waals surface area contributed by atoms with Gasteiger partial charge in [0.05, 0.1) is 6.61 Å². The Hall–Kier alpha value is -3.90. The number of ether oxygens (including phenoxy) is 2. The fourth-order valence-electron chi connectivity index (χ4n) is 4.24. The van der Waals surface area contributed by atoms with Crippen LogP contribution in [0.25, 0.3) is 16.8 Å². The van der Waals surface area contributed by atoms with Gasteiger partial charge in [0, 0.05) is 12.6 Å². The largest absolute Gasteiger partial charge is 0.451 e. The van der Waals surface area contributed by atoms with Crippen molar-refractivity contribution in [2.45, 2.75) is 18.4 Å². The third-order valence-corrected chi connectivity index (χ3v) is 7.71. The molecule has 0 radical (unpaired) electrons. The van der Waals surface area contributed by atoms with E-state index in [0.717, 1.165) is 10.9 Å². The maximum atomic E-state index is 13.6. The van der Waals surface area contributed by atoms with Crippen molar-refractivity contribution in [2.24, 2.45) is 0 Å². The van der Waals surface area contributed by atoms with Crippen LogP contribution in [-0.2, 0) is 13.9 Å². The standard InChI is InChI=1S/C29H26NO6P/c31-29(30-19-17-21-9-2-1-3-10-21)28(24-14-8-12-22-11-4-5-13-23(22)24)37(32,33)34-20-18-27-35-25-15-6-7-16-26(25)36-27/h1-17,19,27-28H,18,20H2,(H,30,31)(H,32,33)/b19-17+. The highest BCUT2D eigenvalue weighted by Crippen LogP contribution is 2.58. The van der Waals surface area contributed by atoms with Gasteiger partial charge in [-0.05, 0) is 40.1 Å². The van der Waals surface area contributed by atoms with E-state index in [9.17, 15) is 14.3 Å². The van der Waals surface area contributed by atoms with E-state index in [2.05, 4.69) is 5.32 Å². The van der Waals surface area contributed by atoms with Crippen LogP contribution in [0.5, 0.6) is 11.5 Å². The molecule has 37 heavy (non-hydrogen) atoms. The first-order valence-corrected chi connectivity index (χ1v) is 13.5. The highest BCUT2D eigenvalue weighted by molar-refractivity contribution is 7.54. The third kappa shape index (κ3) is 5.75. The van der Waals surface area contributed by atoms with Gasteiger partial charge < -0.3 is 24.2 Å². The fourth-order valence-corrected chi connectivity index (χ4v) is 5.71. The number of rotatable bonds is 9. The van der Waals surface area contributed by atoms with Crippen molar-refractivity contribution in [3.63, 3.8) is 0 Å². The summed E-state index contributed by atoms with van der Waals surface area (Å²) in [6.45, 7) is -0.138. The maximum Gasteiger partial charge on any atom is 0.344 e. The summed E-state index contributed by atoms with van der Waals surface area (Å²) in [6.07, 6.45) is 2.74. The molecular weight excluding hydrogens is 489 g/mol. The molecule has 0 spiro atoms. The predicted molar refractivity (Wildman–Crippen MR) is 142 cm³/mol. The predicted octanol–water partition coefficient (Wildman–Crippen LogP) is 6.06. The molecule has 0 fully saturated rings. The Morgan fingerprint density at radius 3 is 2.32 bits per heavy atom. The summed E-state index contributed by atoms with van der Waals surface area (Å²) >= 11 is 0. The van der Waals surface area contributed by atoms with Crippen LogP contribution < -0.4 is 14.8 Å². The maximum absolute atomic E-state index is 13.6. The van der Waals surface area contributed by atoms with Gasteiger partial charge in [-0.1, -0.05) is 84.9 Å². The van der Waals surface area contributed by atoms with Gasteiger partial charge in [0.1, 0.15) is 0 Å². The smallest absolute Gasteiger partial charge is 0.344 e. The lowest BCUT2D eigenvalue weighted by atomic mass is 10.0. The Bertz CT molecular complexity index is 1440. The van der Waals surface area contributed by atoms with Gasteiger partial charge in [-0.2, -0.15) is 0 Å². The summed E-state index contributed by atoms with van der Waals surface area (Å²) in [7, 11) is -4.48. The average molecular weight is 516 g/mol. The van der Waals surface area contributed by atoms with Crippen molar-refractivity contribution in [3.8, 4) is 11.5 Å². The van der Waals surface area contributed by atoms with E-state index < -0.39 is 25.5 Å². The van der Waals surface area contributed by atoms with Crippen molar-refractivity contribution in [1.29, 1.82) is 0 Å². The lowest BCUT2D eigenvalue weighted by Gasteiger charge is -2.23. The average Bonchev–Trinajstić information content (AvgIpc) is 3.32. The first kappa shape index (κ1) is 24.8. The molecule has 4 aromatic rings. The summed E-state index contributed by atoms with van der Waals surface area (Å²) < 4.78 is 30.5. The van der Waals surface area contributed by atoms with Gasteiger partial charge in [-0.3, -0.25) is 9.36 Å². The van der Waals surface area contributed by atoms with Gasteiger partial charge in [-0.15, -0.1) is 0 Å². The Morgan fingerprint density at radius 1 is 0.919 bits per heavy atom. The molecule has 4 aromatic carbocycles. The van der Waals surface area contributed by atoms with Gasteiger partial charge in [0.15, 0.2) is 17.2 Å². The summed E-state index contributed by atoms with van der Waals surface area (Å²) in [5.74, 6) is 0.575. The van der Waals surface area contributed by atoms with Gasteiger partial charge in [-0.25, -0.2) is 0 Å². The van der Waals surface area contributed by atoms with Crippen molar-refractivity contribution in [2.75, 3.05) is 6.61 Å². The minimum Gasteiger partial charge on any atom is -0.451 e. The number of hydrogen-bond acceptors (Lipinski definition) is 5. The SMILES string of the molecule is O=C(N/C=C/c1ccccc1)C(c1cccc2ccccc12)P(=O)(O)OCCC1Oc2ccccc2O1. The molecule has 1 heterocycles. The van der Waals surface area contributed by atoms with Crippen LogP contribution in [0.2, 0.25) is 0 Å². The molecule has 5 rings (SSSR count).